The molecule has 1 saturated heterocycles. The minimum atomic E-state index is -0.216. The number of hydrogen-bond donors (Lipinski definition) is 1. The van der Waals surface area contributed by atoms with Gasteiger partial charge in [0, 0.05) is 6.54 Å². The largest absolute Gasteiger partial charge is 0.359 e. The third kappa shape index (κ3) is 2.11. The summed E-state index contributed by atoms with van der Waals surface area (Å²) in [5.41, 5.74) is 0.858. The zero-order valence-corrected chi connectivity index (χ0v) is 8.16. The molecule has 1 fully saturated rings. The predicted molar refractivity (Wildman–Crippen MR) is 52.3 cm³/mol. The summed E-state index contributed by atoms with van der Waals surface area (Å²) in [6.07, 6.45) is -0.151. The Balaban J connectivity index is 2.08. The fourth-order valence-electron chi connectivity index (χ4n) is 1.57. The lowest BCUT2D eigenvalue weighted by atomic mass is 10.1. The molecule has 1 heterocycles. The van der Waals surface area contributed by atoms with Gasteiger partial charge in [0.15, 0.2) is 0 Å². The minimum absolute atomic E-state index is 0.151. The van der Waals surface area contributed by atoms with Crippen LogP contribution in [0.25, 0.3) is 0 Å². The number of ether oxygens (including phenoxy) is 1. The van der Waals surface area contributed by atoms with Gasteiger partial charge < -0.3 is 4.74 Å². The summed E-state index contributed by atoms with van der Waals surface area (Å²) in [4.78, 5) is 0. The smallest absolute Gasteiger partial charge is 0.134 e. The fourth-order valence-corrected chi connectivity index (χ4v) is 1.57. The zero-order valence-electron chi connectivity index (χ0n) is 8.16. The Morgan fingerprint density at radius 3 is 3.00 bits per heavy atom. The molecule has 1 N–H and O–H groups in total. The van der Waals surface area contributed by atoms with Crippen molar-refractivity contribution in [1.82, 2.24) is 5.32 Å². The minimum Gasteiger partial charge on any atom is -0.359 e. The van der Waals surface area contributed by atoms with Crippen LogP contribution in [0.1, 0.15) is 18.7 Å². The highest BCUT2D eigenvalue weighted by Crippen LogP contribution is 2.19. The third-order valence-electron chi connectivity index (χ3n) is 2.35. The van der Waals surface area contributed by atoms with Gasteiger partial charge in [0.05, 0.1) is 6.61 Å². The van der Waals surface area contributed by atoms with E-state index in [9.17, 15) is 4.39 Å². The van der Waals surface area contributed by atoms with Crippen molar-refractivity contribution in [2.24, 2.45) is 5.92 Å². The Morgan fingerprint density at radius 1 is 1.50 bits per heavy atom. The van der Waals surface area contributed by atoms with Crippen molar-refractivity contribution in [3.63, 3.8) is 0 Å². The molecule has 0 radical (unpaired) electrons. The topological polar surface area (TPSA) is 21.3 Å². The van der Waals surface area contributed by atoms with Crippen molar-refractivity contribution < 1.29 is 9.13 Å². The van der Waals surface area contributed by atoms with E-state index in [-0.39, 0.29) is 12.0 Å². The molecule has 2 rings (SSSR count). The van der Waals surface area contributed by atoms with Crippen LogP contribution < -0.4 is 5.32 Å². The van der Waals surface area contributed by atoms with Crippen LogP contribution in [0.2, 0.25) is 0 Å². The second-order valence-electron chi connectivity index (χ2n) is 3.78. The molecule has 0 saturated carbocycles. The van der Waals surface area contributed by atoms with E-state index in [4.69, 9.17) is 4.74 Å². The van der Waals surface area contributed by atoms with E-state index in [2.05, 4.69) is 12.2 Å². The molecule has 0 aliphatic carbocycles. The molecular formula is C11H14FNO. The Labute approximate surface area is 83.1 Å². The van der Waals surface area contributed by atoms with Crippen LogP contribution in [-0.4, -0.2) is 13.2 Å². The molecule has 0 amide bonds. The molecule has 1 aromatic rings. The van der Waals surface area contributed by atoms with E-state index in [0.717, 1.165) is 18.7 Å². The molecule has 0 aromatic heterocycles. The van der Waals surface area contributed by atoms with Crippen LogP contribution in [-0.2, 0) is 4.74 Å². The molecule has 2 atom stereocenters. The number of benzene rings is 1. The lowest BCUT2D eigenvalue weighted by Gasteiger charge is -2.28. The summed E-state index contributed by atoms with van der Waals surface area (Å²) in [6, 6.07) is 6.52. The highest BCUT2D eigenvalue weighted by atomic mass is 19.1. The highest BCUT2D eigenvalue weighted by molar-refractivity contribution is 5.18. The van der Waals surface area contributed by atoms with E-state index in [1.807, 2.05) is 6.07 Å². The van der Waals surface area contributed by atoms with Gasteiger partial charge >= 0.3 is 0 Å². The van der Waals surface area contributed by atoms with Gasteiger partial charge in [0.2, 0.25) is 0 Å². The molecule has 2 nitrogen and oxygen atoms in total. The quantitative estimate of drug-likeness (QED) is 0.740. The Bertz CT molecular complexity index is 308. The summed E-state index contributed by atoms with van der Waals surface area (Å²) < 4.78 is 18.5. The highest BCUT2D eigenvalue weighted by Gasteiger charge is 2.19. The van der Waals surface area contributed by atoms with Gasteiger partial charge in [0.1, 0.15) is 12.0 Å². The van der Waals surface area contributed by atoms with Crippen molar-refractivity contribution in [1.29, 1.82) is 0 Å². The number of nitrogens with one attached hydrogen (secondary N) is 1. The van der Waals surface area contributed by atoms with E-state index < -0.39 is 0 Å². The molecule has 1 aromatic carbocycles. The molecule has 14 heavy (non-hydrogen) atoms. The van der Waals surface area contributed by atoms with Crippen LogP contribution in [0.5, 0.6) is 0 Å². The number of hydrogen-bond acceptors (Lipinski definition) is 2. The van der Waals surface area contributed by atoms with Gasteiger partial charge in [-0.3, -0.25) is 5.32 Å². The summed E-state index contributed by atoms with van der Waals surface area (Å²) in [6.45, 7) is 3.77. The van der Waals surface area contributed by atoms with Gasteiger partial charge in [-0.15, -0.1) is 0 Å². The van der Waals surface area contributed by atoms with E-state index >= 15 is 0 Å². The van der Waals surface area contributed by atoms with Gasteiger partial charge in [-0.2, -0.15) is 0 Å². The summed E-state index contributed by atoms with van der Waals surface area (Å²) >= 11 is 0. The van der Waals surface area contributed by atoms with E-state index in [1.54, 1.807) is 6.07 Å². The Kier molecular flexibility index (Phi) is 2.79. The Hall–Kier alpha value is -0.930. The Morgan fingerprint density at radius 2 is 2.36 bits per heavy atom. The van der Waals surface area contributed by atoms with E-state index in [0.29, 0.717) is 5.92 Å². The maximum Gasteiger partial charge on any atom is 0.134 e. The van der Waals surface area contributed by atoms with Crippen LogP contribution in [0.4, 0.5) is 4.39 Å². The molecule has 0 bridgehead atoms. The first kappa shape index (κ1) is 9.62. The number of halogens is 1. The maximum absolute atomic E-state index is 12.9. The predicted octanol–water partition coefficient (Wildman–Crippen LogP) is 2.08. The third-order valence-corrected chi connectivity index (χ3v) is 2.35. The molecule has 3 heteroatoms. The van der Waals surface area contributed by atoms with Gasteiger partial charge in [-0.1, -0.05) is 19.1 Å². The first-order valence-electron chi connectivity index (χ1n) is 4.86. The molecule has 0 spiro atoms. The average Bonchev–Trinajstić information content (AvgIpc) is 2.19. The molecule has 76 valence electrons. The van der Waals surface area contributed by atoms with Crippen molar-refractivity contribution >= 4 is 0 Å². The summed E-state index contributed by atoms with van der Waals surface area (Å²) in [7, 11) is 0. The van der Waals surface area contributed by atoms with Crippen molar-refractivity contribution in [3.8, 4) is 0 Å². The zero-order chi connectivity index (χ0) is 9.97. The molecular weight excluding hydrogens is 181 g/mol. The van der Waals surface area contributed by atoms with Crippen molar-refractivity contribution in [3.05, 3.63) is 35.6 Å². The van der Waals surface area contributed by atoms with Crippen LogP contribution >= 0.6 is 0 Å². The summed E-state index contributed by atoms with van der Waals surface area (Å²) in [5, 5.41) is 3.22. The number of rotatable bonds is 1. The second-order valence-corrected chi connectivity index (χ2v) is 3.78. The fraction of sp³-hybridized carbons (Fsp3) is 0.455. The molecule has 2 unspecified atom stereocenters. The maximum atomic E-state index is 12.9. The summed E-state index contributed by atoms with van der Waals surface area (Å²) in [5.74, 6) is 0.311. The van der Waals surface area contributed by atoms with Gasteiger partial charge in [0.25, 0.3) is 0 Å². The van der Waals surface area contributed by atoms with Crippen molar-refractivity contribution in [2.45, 2.75) is 13.2 Å². The lowest BCUT2D eigenvalue weighted by molar-refractivity contribution is -0.0255. The monoisotopic (exact) mass is 195 g/mol. The van der Waals surface area contributed by atoms with Gasteiger partial charge in [-0.05, 0) is 23.6 Å². The molecule has 1 aliphatic rings. The first-order valence-corrected chi connectivity index (χ1v) is 4.86. The lowest BCUT2D eigenvalue weighted by Crippen LogP contribution is -2.36. The van der Waals surface area contributed by atoms with Crippen LogP contribution in [0, 0.1) is 11.7 Å². The average molecular weight is 195 g/mol. The van der Waals surface area contributed by atoms with Crippen molar-refractivity contribution in [2.75, 3.05) is 13.2 Å². The first-order chi connectivity index (χ1) is 6.75. The standard InChI is InChI=1S/C11H14FNO/c1-8-6-13-11(14-7-8)9-3-2-4-10(12)5-9/h2-5,8,11,13H,6-7H2,1H3. The van der Waals surface area contributed by atoms with Crippen LogP contribution in [0.15, 0.2) is 24.3 Å². The van der Waals surface area contributed by atoms with Gasteiger partial charge in [-0.25, -0.2) is 4.39 Å². The SMILES string of the molecule is CC1CNC(c2cccc(F)c2)OC1. The molecule has 1 aliphatic heterocycles. The van der Waals surface area contributed by atoms with Crippen LogP contribution in [0.3, 0.4) is 0 Å². The second kappa shape index (κ2) is 4.07. The normalized spacial score (nSPS) is 27.6. The van der Waals surface area contributed by atoms with E-state index in [1.165, 1.54) is 12.1 Å².